The quantitative estimate of drug-likeness (QED) is 0.573. The van der Waals surface area contributed by atoms with Crippen molar-refractivity contribution < 1.29 is 0 Å². The van der Waals surface area contributed by atoms with Gasteiger partial charge in [0.25, 0.3) is 0 Å². The fourth-order valence-corrected chi connectivity index (χ4v) is 70.0. The molecule has 0 spiro atoms. The molecule has 4 bridgehead atoms. The molecule has 6 unspecified atom stereocenters. The summed E-state index contributed by atoms with van der Waals surface area (Å²) in [6, 6.07) is 0. The van der Waals surface area contributed by atoms with E-state index in [1.165, 1.54) is 29.0 Å². The van der Waals surface area contributed by atoms with Gasteiger partial charge in [-0.25, -0.2) is 0 Å². The van der Waals surface area contributed by atoms with Crippen LogP contribution in [0.5, 0.6) is 0 Å². The lowest BCUT2D eigenvalue weighted by atomic mass is 10.5. The molecule has 3 aliphatic heterocycles. The third-order valence-electron chi connectivity index (χ3n) is 8.07. The maximum Gasteiger partial charge on any atom is 0.0504 e. The smallest absolute Gasteiger partial charge is 0.0504 e. The van der Waals surface area contributed by atoms with Gasteiger partial charge in [0.2, 0.25) is 0 Å². The molecular formula is C14H32Si6. The molecule has 0 amide bonds. The molecule has 0 aromatic heterocycles. The van der Waals surface area contributed by atoms with Gasteiger partial charge in [0.1, 0.15) is 0 Å². The summed E-state index contributed by atoms with van der Waals surface area (Å²) >= 11 is 0. The normalized spacial score (nSPS) is 56.4. The maximum atomic E-state index is 2.89. The Morgan fingerprint density at radius 1 is 1.05 bits per heavy atom. The van der Waals surface area contributed by atoms with Crippen molar-refractivity contribution in [2.24, 2.45) is 0 Å². The molecule has 20 heavy (non-hydrogen) atoms. The lowest BCUT2D eigenvalue weighted by Crippen LogP contribution is -2.78. The lowest BCUT2D eigenvalue weighted by Gasteiger charge is -2.71. The molecule has 0 N–H and O–H groups in total. The number of hydrogen-bond acceptors (Lipinski definition) is 0. The Hall–Kier alpha value is 1.30. The van der Waals surface area contributed by atoms with Crippen LogP contribution in [0, 0.1) is 0 Å². The summed E-state index contributed by atoms with van der Waals surface area (Å²) in [7, 11) is -0.137. The number of fused-ring (bicyclic) bond motifs is 6. The van der Waals surface area contributed by atoms with Crippen molar-refractivity contribution in [3.63, 3.8) is 0 Å². The van der Waals surface area contributed by atoms with Crippen LogP contribution in [0.1, 0.15) is 27.7 Å². The minimum Gasteiger partial charge on any atom is -0.0724 e. The monoisotopic (exact) mass is 368 g/mol. The summed E-state index contributed by atoms with van der Waals surface area (Å²) in [6.45, 7) is 22.2. The van der Waals surface area contributed by atoms with E-state index in [2.05, 4.69) is 53.9 Å². The summed E-state index contributed by atoms with van der Waals surface area (Å²) in [5, 5.41) is 1.19. The van der Waals surface area contributed by atoms with Gasteiger partial charge in [-0.2, -0.15) is 0 Å². The van der Waals surface area contributed by atoms with Crippen LogP contribution in [0.25, 0.3) is 0 Å². The predicted molar refractivity (Wildman–Crippen MR) is 106 cm³/mol. The third kappa shape index (κ3) is 1.78. The summed E-state index contributed by atoms with van der Waals surface area (Å²) in [6.07, 6.45) is 0. The van der Waals surface area contributed by atoms with Gasteiger partial charge >= 0.3 is 0 Å². The van der Waals surface area contributed by atoms with E-state index < -0.39 is 24.9 Å². The van der Waals surface area contributed by atoms with E-state index in [0.29, 0.717) is 0 Å². The van der Waals surface area contributed by atoms with Crippen molar-refractivity contribution in [3.05, 3.63) is 0 Å². The molecule has 0 aromatic carbocycles. The number of rotatable bonds is 0. The first-order valence-corrected chi connectivity index (χ1v) is 21.4. The van der Waals surface area contributed by atoms with E-state index in [4.69, 9.17) is 0 Å². The zero-order valence-corrected chi connectivity index (χ0v) is 21.0. The Balaban J connectivity index is 2.15. The minimum atomic E-state index is -1.10. The van der Waals surface area contributed by atoms with Crippen LogP contribution in [0.4, 0.5) is 0 Å². The molecule has 112 valence electrons. The van der Waals surface area contributed by atoms with Crippen molar-refractivity contribution in [2.45, 2.75) is 84.1 Å². The van der Waals surface area contributed by atoms with Gasteiger partial charge in [-0.3, -0.25) is 0 Å². The molecule has 0 aromatic rings. The molecule has 3 saturated heterocycles. The highest BCUT2D eigenvalue weighted by atomic mass is 28.5. The fourth-order valence-electron chi connectivity index (χ4n) is 6.25. The minimum absolute atomic E-state index is 0.384. The second kappa shape index (κ2) is 4.43. The summed E-state index contributed by atoms with van der Waals surface area (Å²) in [4.78, 5) is 1.37. The molecule has 3 rings (SSSR count). The molecule has 6 atom stereocenters. The van der Waals surface area contributed by atoms with Crippen LogP contribution in [-0.2, 0) is 0 Å². The zero-order valence-electron chi connectivity index (χ0n) is 14.7. The molecule has 0 nitrogen and oxygen atoms in total. The van der Waals surface area contributed by atoms with E-state index >= 15 is 0 Å². The first-order valence-electron chi connectivity index (χ1n) is 8.51. The Labute approximate surface area is 136 Å². The van der Waals surface area contributed by atoms with E-state index in [-0.39, 0.29) is 8.80 Å². The van der Waals surface area contributed by atoms with Crippen LogP contribution in [0.2, 0.25) is 56.4 Å². The second-order valence-corrected chi connectivity index (χ2v) is 37.5. The van der Waals surface area contributed by atoms with Gasteiger partial charge in [0.15, 0.2) is 0 Å². The molecule has 0 aliphatic carbocycles. The molecule has 0 saturated carbocycles. The van der Waals surface area contributed by atoms with Crippen molar-refractivity contribution in [2.75, 3.05) is 0 Å². The van der Waals surface area contributed by atoms with Crippen molar-refractivity contribution in [3.8, 4) is 0 Å². The van der Waals surface area contributed by atoms with Gasteiger partial charge in [0.05, 0.1) is 8.07 Å². The molecular weight excluding hydrogens is 337 g/mol. The van der Waals surface area contributed by atoms with Gasteiger partial charge in [-0.05, 0) is 8.95 Å². The third-order valence-corrected chi connectivity index (χ3v) is 52.6. The Morgan fingerprint density at radius 2 is 1.65 bits per heavy atom. The topological polar surface area (TPSA) is 0 Å². The largest absolute Gasteiger partial charge is 0.0724 e. The van der Waals surface area contributed by atoms with Crippen LogP contribution in [0.3, 0.4) is 0 Å². The Kier molecular flexibility index (Phi) is 3.58. The molecule has 3 fully saturated rings. The summed E-state index contributed by atoms with van der Waals surface area (Å²) in [5.74, 6) is 0. The van der Waals surface area contributed by atoms with Gasteiger partial charge in [0, 0.05) is 44.7 Å². The molecule has 6 heteroatoms. The summed E-state index contributed by atoms with van der Waals surface area (Å²) < 4.78 is 1.64. The highest BCUT2D eigenvalue weighted by Crippen LogP contribution is 2.68. The van der Waals surface area contributed by atoms with Gasteiger partial charge in [-0.1, -0.05) is 75.2 Å². The van der Waals surface area contributed by atoms with Crippen LogP contribution in [0.15, 0.2) is 0 Å². The number of hydrogen-bond donors (Lipinski definition) is 0. The highest BCUT2D eigenvalue weighted by molar-refractivity contribution is 7.26. The van der Waals surface area contributed by atoms with Crippen LogP contribution >= 0.6 is 0 Å². The SMILES string of the molecule is CC1[Si]C(C)(C)[Si]2(C)C[SiH]1C1[Si]C2(C)[Si](C)(C)C[SiH]1C. The van der Waals surface area contributed by atoms with E-state index in [1.807, 2.05) is 5.67 Å². The second-order valence-electron chi connectivity index (χ2n) is 9.62. The van der Waals surface area contributed by atoms with Crippen LogP contribution in [-0.4, -0.2) is 52.8 Å². The average molecular weight is 369 g/mol. The molecule has 4 radical (unpaired) electrons. The first-order chi connectivity index (χ1) is 8.95. The molecule has 3 aliphatic rings. The molecule has 3 heterocycles. The lowest BCUT2D eigenvalue weighted by molar-refractivity contribution is 0.803. The fraction of sp³-hybridized carbons (Fsp3) is 1.00. The standard InChI is InChI=1S/C14H32Si6/c1-11-15-13(2,3)20(8)10-18(11)12-16-14(20,4)19(6,7)9-17(12)5/h11-12,17-18H,9-10H2,1-8H3. The Bertz CT molecular complexity index is 395. The van der Waals surface area contributed by atoms with Crippen LogP contribution < -0.4 is 0 Å². The summed E-state index contributed by atoms with van der Waals surface area (Å²) in [5.41, 5.74) is 3.63. The van der Waals surface area contributed by atoms with E-state index in [0.717, 1.165) is 8.95 Å². The van der Waals surface area contributed by atoms with Gasteiger partial charge < -0.3 is 0 Å². The van der Waals surface area contributed by atoms with E-state index in [9.17, 15) is 0 Å². The maximum absolute atomic E-state index is 2.89. The zero-order chi connectivity index (χ0) is 15.1. The van der Waals surface area contributed by atoms with Gasteiger partial charge in [-0.15, -0.1) is 0 Å². The first kappa shape index (κ1) is 16.2. The van der Waals surface area contributed by atoms with Crippen molar-refractivity contribution in [1.82, 2.24) is 0 Å². The van der Waals surface area contributed by atoms with Crippen molar-refractivity contribution >= 4 is 52.8 Å². The van der Waals surface area contributed by atoms with E-state index in [1.54, 1.807) is 5.67 Å². The Morgan fingerprint density at radius 3 is 2.25 bits per heavy atom. The highest BCUT2D eigenvalue weighted by Gasteiger charge is 2.70. The van der Waals surface area contributed by atoms with Crippen molar-refractivity contribution in [1.29, 1.82) is 0 Å². The average Bonchev–Trinajstić information content (AvgIpc) is 2.27. The predicted octanol–water partition coefficient (Wildman–Crippen LogP) is 3.59.